The molecule has 5 N–H and O–H groups in total. The number of nitrogens with one attached hydrogen (secondary N) is 5. The molecule has 222 valence electrons. The molecule has 1 heterocycles. The number of hydrogen-bond donors (Lipinski definition) is 5. The predicted molar refractivity (Wildman–Crippen MR) is 157 cm³/mol. The Morgan fingerprint density at radius 3 is 2.26 bits per heavy atom. The van der Waals surface area contributed by atoms with E-state index in [4.69, 9.17) is 0 Å². The van der Waals surface area contributed by atoms with Crippen LogP contribution in [-0.2, 0) is 14.4 Å². The van der Waals surface area contributed by atoms with E-state index in [2.05, 4.69) is 33.5 Å². The lowest BCUT2D eigenvalue weighted by atomic mass is 10.0. The number of carbonyl (C=O) groups is 4. The van der Waals surface area contributed by atoms with E-state index in [-0.39, 0.29) is 23.8 Å². The molecule has 0 fully saturated rings. The summed E-state index contributed by atoms with van der Waals surface area (Å²) in [5.41, 5.74) is 0. The molecule has 1 unspecified atom stereocenters. The standard InChI is InChI=1S/C30H53N5O4/c1-5-6-7-8-9-10-11-12-13-15-21-32-30(39)35-26(22-23(2)3)29(38)34-25-17-14-16-20-31-27(36)19-18-24(4)33-28(25)37/h14,17-19,23-26H,5-13,15-16,20-22H2,1-4H3,(H,31,36)(H,33,37)(H,34,38)(H2,32,35,39)/b17-14+,19-18+/t24-,25-,26?/m0/s1. The van der Waals surface area contributed by atoms with Crippen LogP contribution in [0.1, 0.15) is 105 Å². The summed E-state index contributed by atoms with van der Waals surface area (Å²) >= 11 is 0. The van der Waals surface area contributed by atoms with Crippen LogP contribution in [0.2, 0.25) is 0 Å². The second-order valence-electron chi connectivity index (χ2n) is 10.9. The first-order chi connectivity index (χ1) is 18.7. The zero-order chi connectivity index (χ0) is 28.9. The van der Waals surface area contributed by atoms with Crippen LogP contribution in [0.5, 0.6) is 0 Å². The van der Waals surface area contributed by atoms with Crippen LogP contribution in [0.25, 0.3) is 0 Å². The summed E-state index contributed by atoms with van der Waals surface area (Å²) in [5.74, 6) is -0.848. The average Bonchev–Trinajstić information content (AvgIpc) is 2.88. The van der Waals surface area contributed by atoms with Crippen LogP contribution in [0.4, 0.5) is 4.79 Å². The van der Waals surface area contributed by atoms with Crippen LogP contribution < -0.4 is 26.6 Å². The molecule has 5 amide bonds. The number of carbonyl (C=O) groups excluding carboxylic acids is 4. The van der Waals surface area contributed by atoms with Gasteiger partial charge in [-0.15, -0.1) is 0 Å². The Hall–Kier alpha value is -2.84. The third kappa shape index (κ3) is 17.4. The van der Waals surface area contributed by atoms with Gasteiger partial charge in [-0.05, 0) is 32.1 Å². The van der Waals surface area contributed by atoms with Crippen molar-refractivity contribution in [3.8, 4) is 0 Å². The van der Waals surface area contributed by atoms with Crippen molar-refractivity contribution >= 4 is 23.8 Å². The Bertz CT molecular complexity index is 796. The SMILES string of the molecule is CCCCCCCCCCCCNC(=O)NC(CC(C)C)C(=O)N[C@H]1/C=C/CCNC(=O)/C=C/[C@H](C)NC1=O. The monoisotopic (exact) mass is 547 g/mol. The van der Waals surface area contributed by atoms with E-state index in [0.717, 1.165) is 12.8 Å². The van der Waals surface area contributed by atoms with Gasteiger partial charge in [0.15, 0.2) is 0 Å². The Balaban J connectivity index is 2.53. The Morgan fingerprint density at radius 1 is 0.974 bits per heavy atom. The minimum absolute atomic E-state index is 0.164. The molecule has 9 nitrogen and oxygen atoms in total. The topological polar surface area (TPSA) is 128 Å². The zero-order valence-electron chi connectivity index (χ0n) is 24.7. The molecule has 0 spiro atoms. The lowest BCUT2D eigenvalue weighted by Crippen LogP contribution is -2.55. The van der Waals surface area contributed by atoms with Crippen molar-refractivity contribution in [3.63, 3.8) is 0 Å². The molecule has 1 aliphatic rings. The van der Waals surface area contributed by atoms with Gasteiger partial charge in [-0.1, -0.05) is 96.8 Å². The maximum Gasteiger partial charge on any atom is 0.315 e. The molecule has 0 aliphatic carbocycles. The van der Waals surface area contributed by atoms with Gasteiger partial charge in [0, 0.05) is 25.2 Å². The van der Waals surface area contributed by atoms with Crippen molar-refractivity contribution in [1.29, 1.82) is 0 Å². The molecule has 0 saturated heterocycles. The fourth-order valence-electron chi connectivity index (χ4n) is 4.35. The highest BCUT2D eigenvalue weighted by Crippen LogP contribution is 2.10. The van der Waals surface area contributed by atoms with Crippen molar-refractivity contribution in [2.24, 2.45) is 5.92 Å². The summed E-state index contributed by atoms with van der Waals surface area (Å²) < 4.78 is 0. The Labute approximate surface area is 235 Å². The number of rotatable bonds is 16. The third-order valence-electron chi connectivity index (χ3n) is 6.57. The van der Waals surface area contributed by atoms with Gasteiger partial charge in [-0.25, -0.2) is 4.79 Å². The molecule has 3 atom stereocenters. The van der Waals surface area contributed by atoms with E-state index in [1.807, 2.05) is 13.8 Å². The summed E-state index contributed by atoms with van der Waals surface area (Å²) in [6.45, 7) is 8.93. The maximum absolute atomic E-state index is 13.1. The summed E-state index contributed by atoms with van der Waals surface area (Å²) in [6, 6.07) is -2.43. The highest BCUT2D eigenvalue weighted by Gasteiger charge is 2.26. The largest absolute Gasteiger partial charge is 0.352 e. The van der Waals surface area contributed by atoms with Crippen LogP contribution in [-0.4, -0.2) is 55.0 Å². The van der Waals surface area contributed by atoms with Gasteiger partial charge in [0.1, 0.15) is 12.1 Å². The molecule has 9 heteroatoms. The minimum Gasteiger partial charge on any atom is -0.352 e. The highest BCUT2D eigenvalue weighted by atomic mass is 16.2. The van der Waals surface area contributed by atoms with E-state index in [9.17, 15) is 19.2 Å². The van der Waals surface area contributed by atoms with Crippen molar-refractivity contribution < 1.29 is 19.2 Å². The van der Waals surface area contributed by atoms with Crippen molar-refractivity contribution in [1.82, 2.24) is 26.6 Å². The molecule has 0 bridgehead atoms. The zero-order valence-corrected chi connectivity index (χ0v) is 24.7. The van der Waals surface area contributed by atoms with E-state index in [0.29, 0.717) is 25.9 Å². The molecular formula is C30H53N5O4. The quantitative estimate of drug-likeness (QED) is 0.146. The molecule has 1 rings (SSSR count). The van der Waals surface area contributed by atoms with Gasteiger partial charge in [-0.3, -0.25) is 14.4 Å². The second kappa shape index (κ2) is 21.0. The highest BCUT2D eigenvalue weighted by molar-refractivity contribution is 5.93. The normalized spacial score (nSPS) is 20.5. The fraction of sp³-hybridized carbons (Fsp3) is 0.733. The average molecular weight is 548 g/mol. The first-order valence-corrected chi connectivity index (χ1v) is 15.0. The predicted octanol–water partition coefficient (Wildman–Crippen LogP) is 4.24. The van der Waals surface area contributed by atoms with E-state index in [1.54, 1.807) is 25.2 Å². The van der Waals surface area contributed by atoms with Crippen LogP contribution in [0.15, 0.2) is 24.3 Å². The molecule has 0 radical (unpaired) electrons. The van der Waals surface area contributed by atoms with Gasteiger partial charge in [0.2, 0.25) is 17.7 Å². The molecule has 0 aromatic heterocycles. The summed E-state index contributed by atoms with van der Waals surface area (Å²) in [4.78, 5) is 50.3. The third-order valence-corrected chi connectivity index (χ3v) is 6.57. The van der Waals surface area contributed by atoms with E-state index >= 15 is 0 Å². The minimum atomic E-state index is -0.894. The molecule has 0 aromatic rings. The van der Waals surface area contributed by atoms with E-state index in [1.165, 1.54) is 57.4 Å². The van der Waals surface area contributed by atoms with Gasteiger partial charge >= 0.3 is 6.03 Å². The lowest BCUT2D eigenvalue weighted by Gasteiger charge is -2.24. The first kappa shape index (κ1) is 34.2. The summed E-state index contributed by atoms with van der Waals surface area (Å²) in [5, 5.41) is 14.0. The molecule has 39 heavy (non-hydrogen) atoms. The van der Waals surface area contributed by atoms with E-state index < -0.39 is 24.0 Å². The van der Waals surface area contributed by atoms with Crippen LogP contribution in [0, 0.1) is 5.92 Å². The summed E-state index contributed by atoms with van der Waals surface area (Å²) in [7, 11) is 0. The first-order valence-electron chi connectivity index (χ1n) is 15.0. The molecule has 0 saturated carbocycles. The summed E-state index contributed by atoms with van der Waals surface area (Å²) in [6.07, 6.45) is 19.6. The van der Waals surface area contributed by atoms with Gasteiger partial charge < -0.3 is 26.6 Å². The number of unbranched alkanes of at least 4 members (excludes halogenated alkanes) is 9. The van der Waals surface area contributed by atoms with Crippen LogP contribution >= 0.6 is 0 Å². The fourth-order valence-corrected chi connectivity index (χ4v) is 4.35. The lowest BCUT2D eigenvalue weighted by molar-refractivity contribution is -0.129. The van der Waals surface area contributed by atoms with Crippen molar-refractivity contribution in [3.05, 3.63) is 24.3 Å². The number of hydrogen-bond acceptors (Lipinski definition) is 4. The molecule has 1 aliphatic heterocycles. The number of urea groups is 1. The van der Waals surface area contributed by atoms with Crippen molar-refractivity contribution in [2.45, 2.75) is 123 Å². The molecular weight excluding hydrogens is 494 g/mol. The Kier molecular flexibility index (Phi) is 18.4. The smallest absolute Gasteiger partial charge is 0.315 e. The molecule has 0 aromatic carbocycles. The van der Waals surface area contributed by atoms with Gasteiger partial charge in [-0.2, -0.15) is 0 Å². The number of amides is 5. The Morgan fingerprint density at radius 2 is 1.62 bits per heavy atom. The van der Waals surface area contributed by atoms with Gasteiger partial charge in [0.25, 0.3) is 0 Å². The van der Waals surface area contributed by atoms with Crippen LogP contribution in [0.3, 0.4) is 0 Å². The second-order valence-corrected chi connectivity index (χ2v) is 10.9. The van der Waals surface area contributed by atoms with Crippen molar-refractivity contribution in [2.75, 3.05) is 13.1 Å². The van der Waals surface area contributed by atoms with Gasteiger partial charge in [0.05, 0.1) is 0 Å². The maximum atomic E-state index is 13.1.